The Bertz CT molecular complexity index is 725. The van der Waals surface area contributed by atoms with Gasteiger partial charge in [-0.2, -0.15) is 5.06 Å². The first-order valence-electron chi connectivity index (χ1n) is 8.31. The van der Waals surface area contributed by atoms with E-state index in [1.165, 1.54) is 11.1 Å². The number of carbonyl (C=O) groups excluding carboxylic acids is 1. The molecule has 4 rings (SSSR count). The molecule has 1 fully saturated rings. The molecular formula is C20H21ClN2O2. The van der Waals surface area contributed by atoms with Crippen LogP contribution in [0.1, 0.15) is 12.0 Å². The highest BCUT2D eigenvalue weighted by Gasteiger charge is 2.31. The topological polar surface area (TPSA) is 41.6 Å². The molecule has 2 aliphatic carbocycles. The Kier molecular flexibility index (Phi) is 5.87. The summed E-state index contributed by atoms with van der Waals surface area (Å²) in [6, 6.07) is 15.8. The van der Waals surface area contributed by atoms with Gasteiger partial charge in [0.2, 0.25) is 5.91 Å². The molecule has 1 heterocycles. The van der Waals surface area contributed by atoms with Gasteiger partial charge in [0.15, 0.2) is 0 Å². The average Bonchev–Trinajstić information content (AvgIpc) is 3.03. The maximum Gasteiger partial charge on any atom is 0.239 e. The minimum absolute atomic E-state index is 0.00360. The van der Waals surface area contributed by atoms with E-state index in [1.54, 1.807) is 11.1 Å². The third-order valence-electron chi connectivity index (χ3n) is 4.23. The molecule has 0 spiro atoms. The predicted molar refractivity (Wildman–Crippen MR) is 100.0 cm³/mol. The van der Waals surface area contributed by atoms with Crippen LogP contribution in [0, 0.1) is 0 Å². The standard InChI is InChI=1S/C14H17ClN2O2.C6H4/c1-2-9-19-17(13-7-8-16-14(13)18)10-11-5-3-4-6-12(11)15;1-2-6-4-3-5(1)6/h2-6,13H,1,7-10H2,(H,16,18);1-4H. The van der Waals surface area contributed by atoms with Crippen LogP contribution in [0.15, 0.2) is 61.2 Å². The molecule has 1 unspecified atom stereocenters. The van der Waals surface area contributed by atoms with Gasteiger partial charge in [-0.1, -0.05) is 60.1 Å². The lowest BCUT2D eigenvalue weighted by molar-refractivity contribution is -0.186. The zero-order chi connectivity index (χ0) is 17.6. The molecule has 25 heavy (non-hydrogen) atoms. The van der Waals surface area contributed by atoms with Crippen molar-refractivity contribution in [1.29, 1.82) is 0 Å². The molecule has 1 aromatic carbocycles. The van der Waals surface area contributed by atoms with E-state index in [4.69, 9.17) is 16.4 Å². The van der Waals surface area contributed by atoms with Crippen LogP contribution in [0.2, 0.25) is 5.02 Å². The third-order valence-corrected chi connectivity index (χ3v) is 4.60. The third kappa shape index (κ3) is 4.28. The van der Waals surface area contributed by atoms with Crippen LogP contribution >= 0.6 is 11.6 Å². The van der Waals surface area contributed by atoms with Crippen LogP contribution in [0.25, 0.3) is 11.1 Å². The lowest BCUT2D eigenvalue weighted by atomic mass is 9.95. The maximum absolute atomic E-state index is 11.8. The monoisotopic (exact) mass is 356 g/mol. The summed E-state index contributed by atoms with van der Waals surface area (Å²) in [5.74, 6) is -0.00360. The first-order chi connectivity index (χ1) is 12.2. The minimum atomic E-state index is -0.267. The average molecular weight is 357 g/mol. The molecule has 5 heteroatoms. The summed E-state index contributed by atoms with van der Waals surface area (Å²) >= 11 is 6.14. The van der Waals surface area contributed by atoms with Crippen LogP contribution < -0.4 is 5.32 Å². The van der Waals surface area contributed by atoms with Gasteiger partial charge in [0, 0.05) is 11.6 Å². The zero-order valence-corrected chi connectivity index (χ0v) is 14.7. The number of benzene rings is 2. The van der Waals surface area contributed by atoms with E-state index in [2.05, 4.69) is 36.2 Å². The van der Waals surface area contributed by atoms with Crippen LogP contribution in [0.5, 0.6) is 0 Å². The van der Waals surface area contributed by atoms with Crippen molar-refractivity contribution in [2.24, 2.45) is 0 Å². The normalized spacial score (nSPS) is 16.9. The minimum Gasteiger partial charge on any atom is -0.355 e. The van der Waals surface area contributed by atoms with E-state index < -0.39 is 0 Å². The smallest absolute Gasteiger partial charge is 0.239 e. The van der Waals surface area contributed by atoms with Crippen LogP contribution in [-0.4, -0.2) is 30.2 Å². The summed E-state index contributed by atoms with van der Waals surface area (Å²) in [5, 5.41) is 5.17. The van der Waals surface area contributed by atoms with Gasteiger partial charge in [-0.3, -0.25) is 9.63 Å². The Morgan fingerprint density at radius 2 is 1.88 bits per heavy atom. The second kappa shape index (κ2) is 8.30. The summed E-state index contributed by atoms with van der Waals surface area (Å²) in [5.41, 5.74) is 3.79. The van der Waals surface area contributed by atoms with Crippen molar-refractivity contribution in [3.63, 3.8) is 0 Å². The fraction of sp³-hybridized carbons (Fsp3) is 0.250. The molecule has 0 aromatic heterocycles. The molecule has 3 aliphatic rings. The van der Waals surface area contributed by atoms with E-state index >= 15 is 0 Å². The van der Waals surface area contributed by atoms with Crippen molar-refractivity contribution in [2.45, 2.75) is 19.0 Å². The lowest BCUT2D eigenvalue weighted by Gasteiger charge is -2.26. The predicted octanol–water partition coefficient (Wildman–Crippen LogP) is 3.82. The number of nitrogens with one attached hydrogen (secondary N) is 1. The molecule has 4 nitrogen and oxygen atoms in total. The van der Waals surface area contributed by atoms with Crippen molar-refractivity contribution < 1.29 is 9.63 Å². The number of carbonyl (C=O) groups is 1. The highest BCUT2D eigenvalue weighted by Crippen LogP contribution is 2.29. The quantitative estimate of drug-likeness (QED) is 0.539. The molecule has 130 valence electrons. The molecule has 1 aromatic rings. The van der Waals surface area contributed by atoms with Crippen molar-refractivity contribution in [2.75, 3.05) is 13.2 Å². The van der Waals surface area contributed by atoms with Gasteiger partial charge in [0.1, 0.15) is 6.04 Å². The van der Waals surface area contributed by atoms with E-state index in [0.717, 1.165) is 12.0 Å². The fourth-order valence-electron chi connectivity index (χ4n) is 2.71. The molecule has 0 saturated carbocycles. The Morgan fingerprint density at radius 1 is 1.20 bits per heavy atom. The Balaban J connectivity index is 0.000000250. The van der Waals surface area contributed by atoms with Gasteiger partial charge in [-0.05, 0) is 29.2 Å². The molecule has 0 radical (unpaired) electrons. The van der Waals surface area contributed by atoms with Crippen molar-refractivity contribution in [3.05, 3.63) is 71.8 Å². The van der Waals surface area contributed by atoms with Gasteiger partial charge < -0.3 is 5.32 Å². The number of hydrogen-bond acceptors (Lipinski definition) is 3. The van der Waals surface area contributed by atoms with Gasteiger partial charge in [0.05, 0.1) is 13.2 Å². The van der Waals surface area contributed by atoms with Crippen molar-refractivity contribution in [1.82, 2.24) is 10.4 Å². The summed E-state index contributed by atoms with van der Waals surface area (Å²) in [6.07, 6.45) is 2.40. The summed E-state index contributed by atoms with van der Waals surface area (Å²) in [4.78, 5) is 17.4. The van der Waals surface area contributed by atoms with E-state index in [1.807, 2.05) is 24.3 Å². The highest BCUT2D eigenvalue weighted by atomic mass is 35.5. The SMILES string of the molecule is C=CCON(Cc1ccccc1Cl)C1CCNC1=O.c1cc2ccc1-2. The molecule has 1 saturated heterocycles. The van der Waals surface area contributed by atoms with Crippen LogP contribution in [0.4, 0.5) is 0 Å². The molecular weight excluding hydrogens is 336 g/mol. The van der Waals surface area contributed by atoms with Crippen LogP contribution in [0.3, 0.4) is 0 Å². The summed E-state index contributed by atoms with van der Waals surface area (Å²) < 4.78 is 0. The Hall–Kier alpha value is -2.14. The fourth-order valence-corrected chi connectivity index (χ4v) is 2.90. The molecule has 1 aliphatic heterocycles. The number of halogens is 1. The Morgan fingerprint density at radius 3 is 2.36 bits per heavy atom. The van der Waals surface area contributed by atoms with E-state index in [-0.39, 0.29) is 11.9 Å². The first-order valence-corrected chi connectivity index (χ1v) is 8.69. The number of fused-ring (bicyclic) bond motifs is 1. The molecule has 1 N–H and O–H groups in total. The number of hydroxylamine groups is 2. The maximum atomic E-state index is 11.8. The molecule has 1 atom stereocenters. The van der Waals surface area contributed by atoms with Gasteiger partial charge in [-0.25, -0.2) is 0 Å². The van der Waals surface area contributed by atoms with Gasteiger partial charge >= 0.3 is 0 Å². The number of hydrogen-bond donors (Lipinski definition) is 1. The first kappa shape index (κ1) is 17.7. The molecule has 1 amide bonds. The largest absolute Gasteiger partial charge is 0.355 e. The Labute approximate surface area is 153 Å². The number of amides is 1. The second-order valence-corrected chi connectivity index (χ2v) is 6.33. The summed E-state index contributed by atoms with van der Waals surface area (Å²) in [6.45, 7) is 5.15. The van der Waals surface area contributed by atoms with Gasteiger partial charge in [-0.15, -0.1) is 6.58 Å². The number of rotatable bonds is 6. The van der Waals surface area contributed by atoms with E-state index in [9.17, 15) is 4.79 Å². The van der Waals surface area contributed by atoms with Crippen molar-refractivity contribution in [3.8, 4) is 11.1 Å². The lowest BCUT2D eigenvalue weighted by Crippen LogP contribution is -2.40. The van der Waals surface area contributed by atoms with Gasteiger partial charge in [0.25, 0.3) is 0 Å². The number of nitrogens with zero attached hydrogens (tertiary/aromatic N) is 1. The second-order valence-electron chi connectivity index (χ2n) is 5.92. The van der Waals surface area contributed by atoms with E-state index in [0.29, 0.717) is 24.7 Å². The van der Waals surface area contributed by atoms with Crippen LogP contribution in [-0.2, 0) is 16.2 Å². The molecule has 0 bridgehead atoms. The van der Waals surface area contributed by atoms with Crippen molar-refractivity contribution >= 4 is 17.5 Å². The zero-order valence-electron chi connectivity index (χ0n) is 14.0. The highest BCUT2D eigenvalue weighted by molar-refractivity contribution is 6.31. The summed E-state index contributed by atoms with van der Waals surface area (Å²) in [7, 11) is 0.